The van der Waals surface area contributed by atoms with Gasteiger partial charge in [-0.25, -0.2) is 0 Å². The number of piperidine rings is 1. The maximum absolute atomic E-state index is 5.48. The zero-order chi connectivity index (χ0) is 8.10. The first-order valence-corrected chi connectivity index (χ1v) is 4.45. The fourth-order valence-electron chi connectivity index (χ4n) is 1.63. The average molecular weight is 157 g/mol. The normalized spacial score (nSPS) is 21.0. The minimum absolute atomic E-state index is 0.764. The molecule has 0 unspecified atom stereocenters. The highest BCUT2D eigenvalue weighted by Gasteiger charge is 2.16. The lowest BCUT2D eigenvalue weighted by Gasteiger charge is -2.31. The van der Waals surface area contributed by atoms with Crippen LogP contribution in [0.1, 0.15) is 12.8 Å². The Morgan fingerprint density at radius 1 is 1.45 bits per heavy atom. The van der Waals surface area contributed by atoms with Crippen molar-refractivity contribution in [3.63, 3.8) is 0 Å². The van der Waals surface area contributed by atoms with Gasteiger partial charge in [0.05, 0.1) is 0 Å². The summed E-state index contributed by atoms with van der Waals surface area (Å²) in [6.45, 7) is 4.14. The number of rotatable bonds is 3. The van der Waals surface area contributed by atoms with Crippen LogP contribution in [0.4, 0.5) is 0 Å². The molecule has 0 aromatic heterocycles. The van der Waals surface area contributed by atoms with E-state index in [-0.39, 0.29) is 0 Å². The second kappa shape index (κ2) is 4.70. The van der Waals surface area contributed by atoms with Gasteiger partial charge in [0.2, 0.25) is 0 Å². The van der Waals surface area contributed by atoms with Crippen molar-refractivity contribution in [2.24, 2.45) is 5.73 Å². The molecule has 0 amide bonds. The van der Waals surface area contributed by atoms with Gasteiger partial charge in [0.25, 0.3) is 0 Å². The van der Waals surface area contributed by atoms with Crippen LogP contribution >= 0.6 is 0 Å². The number of nitrogens with one attached hydrogen (secondary N) is 1. The van der Waals surface area contributed by atoms with Crippen LogP contribution in [0.25, 0.3) is 0 Å². The molecule has 0 spiro atoms. The fourth-order valence-corrected chi connectivity index (χ4v) is 1.63. The lowest BCUT2D eigenvalue weighted by atomic mass is 10.1. The van der Waals surface area contributed by atoms with Crippen molar-refractivity contribution in [3.05, 3.63) is 0 Å². The summed E-state index contributed by atoms with van der Waals surface area (Å²) in [5, 5.41) is 3.35. The van der Waals surface area contributed by atoms with Gasteiger partial charge < -0.3 is 16.0 Å². The third kappa shape index (κ3) is 2.77. The van der Waals surface area contributed by atoms with Crippen molar-refractivity contribution in [1.82, 2.24) is 10.2 Å². The SMILES string of the molecule is CN(CCN)C1CCNCC1. The van der Waals surface area contributed by atoms with Crippen molar-refractivity contribution in [1.29, 1.82) is 0 Å². The molecule has 0 bridgehead atoms. The second-order valence-corrected chi connectivity index (χ2v) is 3.25. The molecule has 1 rings (SSSR count). The number of likely N-dealkylation sites (N-methyl/N-ethyl adjacent to an activating group) is 1. The van der Waals surface area contributed by atoms with Gasteiger partial charge in [0.15, 0.2) is 0 Å². The predicted octanol–water partition coefficient (Wildman–Crippen LogP) is -0.371. The maximum atomic E-state index is 5.48. The second-order valence-electron chi connectivity index (χ2n) is 3.25. The van der Waals surface area contributed by atoms with Crippen LogP contribution < -0.4 is 11.1 Å². The molecule has 1 fully saturated rings. The molecule has 3 N–H and O–H groups in total. The molecule has 1 saturated heterocycles. The molecule has 0 aromatic rings. The molecule has 0 saturated carbocycles. The summed E-state index contributed by atoms with van der Waals surface area (Å²) >= 11 is 0. The van der Waals surface area contributed by atoms with Crippen molar-refractivity contribution >= 4 is 0 Å². The van der Waals surface area contributed by atoms with E-state index in [1.807, 2.05) is 0 Å². The van der Waals surface area contributed by atoms with Crippen LogP contribution in [0.3, 0.4) is 0 Å². The minimum atomic E-state index is 0.764. The van der Waals surface area contributed by atoms with Crippen molar-refractivity contribution in [2.75, 3.05) is 33.2 Å². The summed E-state index contributed by atoms with van der Waals surface area (Å²) in [4.78, 5) is 2.38. The molecule has 1 aliphatic heterocycles. The van der Waals surface area contributed by atoms with Gasteiger partial charge in [-0.1, -0.05) is 0 Å². The Kier molecular flexibility index (Phi) is 3.83. The van der Waals surface area contributed by atoms with Crippen LogP contribution in [-0.4, -0.2) is 44.2 Å². The molecule has 66 valence electrons. The molecule has 3 heteroatoms. The van der Waals surface area contributed by atoms with E-state index in [0.717, 1.165) is 19.1 Å². The standard InChI is InChI=1S/C8H19N3/c1-11(7-4-9)8-2-5-10-6-3-8/h8,10H,2-7,9H2,1H3. The molecule has 0 radical (unpaired) electrons. The summed E-state index contributed by atoms with van der Waals surface area (Å²) < 4.78 is 0. The molecule has 0 aliphatic carbocycles. The molecule has 0 aromatic carbocycles. The molecule has 1 heterocycles. The third-order valence-corrected chi connectivity index (χ3v) is 2.41. The first kappa shape index (κ1) is 8.97. The quantitative estimate of drug-likeness (QED) is 0.587. The number of hydrogen-bond donors (Lipinski definition) is 2. The summed E-state index contributed by atoms with van der Waals surface area (Å²) in [6, 6.07) is 0.764. The molecule has 1 aliphatic rings. The van der Waals surface area contributed by atoms with Gasteiger partial charge in [0.1, 0.15) is 0 Å². The van der Waals surface area contributed by atoms with Crippen molar-refractivity contribution in [3.8, 4) is 0 Å². The number of hydrogen-bond acceptors (Lipinski definition) is 3. The van der Waals surface area contributed by atoms with Gasteiger partial charge in [-0.05, 0) is 33.0 Å². The van der Waals surface area contributed by atoms with E-state index in [4.69, 9.17) is 5.73 Å². The lowest BCUT2D eigenvalue weighted by molar-refractivity contribution is 0.204. The summed E-state index contributed by atoms with van der Waals surface area (Å²) in [7, 11) is 2.17. The smallest absolute Gasteiger partial charge is 0.0117 e. The van der Waals surface area contributed by atoms with E-state index >= 15 is 0 Å². The molecule has 11 heavy (non-hydrogen) atoms. The molecular formula is C8H19N3. The third-order valence-electron chi connectivity index (χ3n) is 2.41. The van der Waals surface area contributed by atoms with Crippen LogP contribution in [0, 0.1) is 0 Å². The highest BCUT2D eigenvalue weighted by molar-refractivity contribution is 4.75. The Morgan fingerprint density at radius 2 is 2.09 bits per heavy atom. The Balaban J connectivity index is 2.21. The average Bonchev–Trinajstić information content (AvgIpc) is 2.07. The lowest BCUT2D eigenvalue weighted by Crippen LogP contribution is -2.42. The van der Waals surface area contributed by atoms with E-state index in [1.54, 1.807) is 0 Å². The Morgan fingerprint density at radius 3 is 2.64 bits per heavy atom. The predicted molar refractivity (Wildman–Crippen MR) is 47.6 cm³/mol. The Bertz CT molecular complexity index is 99.5. The van der Waals surface area contributed by atoms with Gasteiger partial charge in [-0.3, -0.25) is 0 Å². The van der Waals surface area contributed by atoms with Crippen molar-refractivity contribution < 1.29 is 0 Å². The molecule has 0 atom stereocenters. The van der Waals surface area contributed by atoms with Crippen molar-refractivity contribution in [2.45, 2.75) is 18.9 Å². The molecule has 3 nitrogen and oxygen atoms in total. The van der Waals surface area contributed by atoms with Gasteiger partial charge in [0, 0.05) is 19.1 Å². The maximum Gasteiger partial charge on any atom is 0.0117 e. The van der Waals surface area contributed by atoms with Crippen LogP contribution in [0.15, 0.2) is 0 Å². The first-order valence-electron chi connectivity index (χ1n) is 4.45. The van der Waals surface area contributed by atoms with Crippen LogP contribution in [0.5, 0.6) is 0 Å². The van der Waals surface area contributed by atoms with E-state index in [1.165, 1.54) is 25.9 Å². The Hall–Kier alpha value is -0.120. The highest BCUT2D eigenvalue weighted by Crippen LogP contribution is 2.08. The van der Waals surface area contributed by atoms with Gasteiger partial charge in [-0.15, -0.1) is 0 Å². The zero-order valence-electron chi connectivity index (χ0n) is 7.34. The van der Waals surface area contributed by atoms with E-state index in [0.29, 0.717) is 0 Å². The topological polar surface area (TPSA) is 41.3 Å². The van der Waals surface area contributed by atoms with Crippen LogP contribution in [0.2, 0.25) is 0 Å². The summed E-state index contributed by atoms with van der Waals surface area (Å²) in [5.74, 6) is 0. The minimum Gasteiger partial charge on any atom is -0.329 e. The molecular weight excluding hydrogens is 138 g/mol. The van der Waals surface area contributed by atoms with Crippen LogP contribution in [-0.2, 0) is 0 Å². The van der Waals surface area contributed by atoms with E-state index in [2.05, 4.69) is 17.3 Å². The fraction of sp³-hybridized carbons (Fsp3) is 1.00. The largest absolute Gasteiger partial charge is 0.329 e. The monoisotopic (exact) mass is 157 g/mol. The van der Waals surface area contributed by atoms with Gasteiger partial charge >= 0.3 is 0 Å². The summed E-state index contributed by atoms with van der Waals surface area (Å²) in [5.41, 5.74) is 5.48. The highest BCUT2D eigenvalue weighted by atomic mass is 15.1. The number of nitrogens with two attached hydrogens (primary N) is 1. The summed E-state index contributed by atoms with van der Waals surface area (Å²) in [6.07, 6.45) is 2.55. The zero-order valence-corrected chi connectivity index (χ0v) is 7.34. The van der Waals surface area contributed by atoms with E-state index < -0.39 is 0 Å². The first-order chi connectivity index (χ1) is 5.34. The van der Waals surface area contributed by atoms with Gasteiger partial charge in [-0.2, -0.15) is 0 Å². The number of nitrogens with zero attached hydrogens (tertiary/aromatic N) is 1. The Labute approximate surface area is 68.9 Å². The van der Waals surface area contributed by atoms with E-state index in [9.17, 15) is 0 Å².